The van der Waals surface area contributed by atoms with E-state index < -0.39 is 0 Å². The molecule has 0 aliphatic rings. The van der Waals surface area contributed by atoms with Crippen LogP contribution in [0.2, 0.25) is 0 Å². The number of anilines is 1. The molecule has 0 aromatic heterocycles. The van der Waals surface area contributed by atoms with E-state index in [0.29, 0.717) is 13.0 Å². The van der Waals surface area contributed by atoms with E-state index >= 15 is 0 Å². The van der Waals surface area contributed by atoms with E-state index in [1.54, 1.807) is 6.92 Å². The van der Waals surface area contributed by atoms with Crippen molar-refractivity contribution in [3.8, 4) is 0 Å². The molecule has 19 heavy (non-hydrogen) atoms. The number of nitrogens with one attached hydrogen (secondary N) is 2. The van der Waals surface area contributed by atoms with Gasteiger partial charge in [-0.15, -0.1) is 0 Å². The first-order chi connectivity index (χ1) is 8.88. The molecular formula is C14H21BrN2O2. The van der Waals surface area contributed by atoms with Crippen molar-refractivity contribution in [2.24, 2.45) is 5.92 Å². The summed E-state index contributed by atoms with van der Waals surface area (Å²) in [5, 5.41) is 14.9. The van der Waals surface area contributed by atoms with Crippen LogP contribution in [0.5, 0.6) is 0 Å². The van der Waals surface area contributed by atoms with Crippen LogP contribution in [0.25, 0.3) is 0 Å². The highest BCUT2D eigenvalue weighted by Crippen LogP contribution is 2.19. The molecule has 2 atom stereocenters. The summed E-state index contributed by atoms with van der Waals surface area (Å²) in [7, 11) is 0. The van der Waals surface area contributed by atoms with Crippen LogP contribution >= 0.6 is 15.9 Å². The zero-order valence-corrected chi connectivity index (χ0v) is 13.1. The fourth-order valence-electron chi connectivity index (χ4n) is 1.87. The number of carbonyl (C=O) groups is 1. The van der Waals surface area contributed by atoms with E-state index in [1.807, 2.05) is 32.0 Å². The van der Waals surface area contributed by atoms with Crippen molar-refractivity contribution < 1.29 is 9.90 Å². The molecule has 2 amide bonds. The Kier molecular flexibility index (Phi) is 6.31. The van der Waals surface area contributed by atoms with Crippen molar-refractivity contribution in [2.75, 3.05) is 11.9 Å². The molecule has 0 bridgehead atoms. The number of benzene rings is 1. The van der Waals surface area contributed by atoms with Gasteiger partial charge in [0.05, 0.1) is 6.10 Å². The Labute approximate surface area is 122 Å². The zero-order valence-electron chi connectivity index (χ0n) is 11.5. The molecule has 3 N–H and O–H groups in total. The van der Waals surface area contributed by atoms with Crippen molar-refractivity contribution in [3.63, 3.8) is 0 Å². The SMILES string of the molecule is Cc1cc(Br)ccc1NC(=O)NCC(C)CC(C)O. The Balaban J connectivity index is 2.43. The van der Waals surface area contributed by atoms with E-state index in [2.05, 4.69) is 26.6 Å². The molecule has 1 aromatic rings. The maximum atomic E-state index is 11.7. The van der Waals surface area contributed by atoms with Crippen molar-refractivity contribution in [1.82, 2.24) is 5.32 Å². The first-order valence-corrected chi connectivity index (χ1v) is 7.17. The molecule has 1 rings (SSSR count). The van der Waals surface area contributed by atoms with Gasteiger partial charge in [-0.2, -0.15) is 0 Å². The van der Waals surface area contributed by atoms with Crippen LogP contribution in [0.15, 0.2) is 22.7 Å². The van der Waals surface area contributed by atoms with Gasteiger partial charge >= 0.3 is 6.03 Å². The standard InChI is InChI=1S/C14H21BrN2O2/c1-9(6-11(3)18)8-16-14(19)17-13-5-4-12(15)7-10(13)2/h4-5,7,9,11,18H,6,8H2,1-3H3,(H2,16,17,19). The summed E-state index contributed by atoms with van der Waals surface area (Å²) in [6.07, 6.45) is 0.339. The summed E-state index contributed by atoms with van der Waals surface area (Å²) in [6, 6.07) is 5.48. The minimum Gasteiger partial charge on any atom is -0.393 e. The van der Waals surface area contributed by atoms with Gasteiger partial charge < -0.3 is 15.7 Å². The Morgan fingerprint density at radius 2 is 2.11 bits per heavy atom. The molecule has 106 valence electrons. The maximum absolute atomic E-state index is 11.7. The lowest BCUT2D eigenvalue weighted by atomic mass is 10.1. The predicted octanol–water partition coefficient (Wildman–Crippen LogP) is 3.29. The van der Waals surface area contributed by atoms with Gasteiger partial charge in [-0.05, 0) is 49.9 Å². The zero-order chi connectivity index (χ0) is 14.4. The third-order valence-corrected chi connectivity index (χ3v) is 3.28. The molecule has 0 fully saturated rings. The van der Waals surface area contributed by atoms with Gasteiger partial charge in [-0.25, -0.2) is 4.79 Å². The van der Waals surface area contributed by atoms with E-state index in [4.69, 9.17) is 0 Å². The molecule has 0 spiro atoms. The highest BCUT2D eigenvalue weighted by atomic mass is 79.9. The largest absolute Gasteiger partial charge is 0.393 e. The van der Waals surface area contributed by atoms with Crippen LogP contribution < -0.4 is 10.6 Å². The second-order valence-electron chi connectivity index (χ2n) is 4.98. The predicted molar refractivity (Wildman–Crippen MR) is 81.4 cm³/mol. The highest BCUT2D eigenvalue weighted by Gasteiger charge is 2.09. The number of halogens is 1. The number of rotatable bonds is 5. The summed E-state index contributed by atoms with van der Waals surface area (Å²) < 4.78 is 0.988. The number of aliphatic hydroxyl groups excluding tert-OH is 1. The molecule has 2 unspecified atom stereocenters. The second kappa shape index (κ2) is 7.50. The number of urea groups is 1. The third-order valence-electron chi connectivity index (χ3n) is 2.79. The topological polar surface area (TPSA) is 61.4 Å². The monoisotopic (exact) mass is 328 g/mol. The first-order valence-electron chi connectivity index (χ1n) is 6.37. The quantitative estimate of drug-likeness (QED) is 0.776. The Bertz CT molecular complexity index is 435. The van der Waals surface area contributed by atoms with E-state index in [9.17, 15) is 9.90 Å². The lowest BCUT2D eigenvalue weighted by Gasteiger charge is -2.15. The normalized spacial score (nSPS) is 13.7. The van der Waals surface area contributed by atoms with Gasteiger partial charge in [0.25, 0.3) is 0 Å². The van der Waals surface area contributed by atoms with Gasteiger partial charge in [0.2, 0.25) is 0 Å². The molecule has 0 heterocycles. The molecule has 0 aliphatic heterocycles. The van der Waals surface area contributed by atoms with Gasteiger partial charge in [0.15, 0.2) is 0 Å². The Hall–Kier alpha value is -1.07. The van der Waals surface area contributed by atoms with Gasteiger partial charge in [-0.3, -0.25) is 0 Å². The van der Waals surface area contributed by atoms with E-state index in [-0.39, 0.29) is 18.1 Å². The molecule has 1 aromatic carbocycles. The summed E-state index contributed by atoms with van der Waals surface area (Å²) in [4.78, 5) is 11.7. The van der Waals surface area contributed by atoms with Crippen molar-refractivity contribution >= 4 is 27.6 Å². The van der Waals surface area contributed by atoms with E-state index in [0.717, 1.165) is 15.7 Å². The fourth-order valence-corrected chi connectivity index (χ4v) is 2.34. The number of hydrogen-bond donors (Lipinski definition) is 3. The van der Waals surface area contributed by atoms with Crippen molar-refractivity contribution in [3.05, 3.63) is 28.2 Å². The smallest absolute Gasteiger partial charge is 0.319 e. The number of hydrogen-bond acceptors (Lipinski definition) is 2. The average molecular weight is 329 g/mol. The Morgan fingerprint density at radius 3 is 2.68 bits per heavy atom. The van der Waals surface area contributed by atoms with Crippen molar-refractivity contribution in [2.45, 2.75) is 33.3 Å². The summed E-state index contributed by atoms with van der Waals surface area (Å²) in [5.41, 5.74) is 1.80. The first kappa shape index (κ1) is 16.0. The molecule has 0 radical (unpaired) electrons. The molecule has 5 heteroatoms. The lowest BCUT2D eigenvalue weighted by molar-refractivity contribution is 0.163. The molecule has 4 nitrogen and oxygen atoms in total. The molecule has 0 aliphatic carbocycles. The maximum Gasteiger partial charge on any atom is 0.319 e. The summed E-state index contributed by atoms with van der Waals surface area (Å²) in [5.74, 6) is 0.247. The summed E-state index contributed by atoms with van der Waals surface area (Å²) in [6.45, 7) is 6.24. The van der Waals surface area contributed by atoms with Gasteiger partial charge in [0.1, 0.15) is 0 Å². The third kappa shape index (κ3) is 6.07. The number of amides is 2. The highest BCUT2D eigenvalue weighted by molar-refractivity contribution is 9.10. The van der Waals surface area contributed by atoms with Crippen LogP contribution in [0.3, 0.4) is 0 Å². The van der Waals surface area contributed by atoms with Crippen LogP contribution in [-0.4, -0.2) is 23.8 Å². The van der Waals surface area contributed by atoms with Crippen LogP contribution in [0, 0.1) is 12.8 Å². The van der Waals surface area contributed by atoms with Crippen LogP contribution in [0.1, 0.15) is 25.8 Å². The number of aryl methyl sites for hydroxylation is 1. The number of carbonyl (C=O) groups excluding carboxylic acids is 1. The second-order valence-corrected chi connectivity index (χ2v) is 5.90. The van der Waals surface area contributed by atoms with Gasteiger partial charge in [-0.1, -0.05) is 22.9 Å². The minimum absolute atomic E-state index is 0.220. The summed E-state index contributed by atoms with van der Waals surface area (Å²) >= 11 is 3.38. The number of aliphatic hydroxyl groups is 1. The minimum atomic E-state index is -0.339. The van der Waals surface area contributed by atoms with Crippen LogP contribution in [-0.2, 0) is 0 Å². The molecule has 0 saturated heterocycles. The van der Waals surface area contributed by atoms with Crippen LogP contribution in [0.4, 0.5) is 10.5 Å². The van der Waals surface area contributed by atoms with Gasteiger partial charge in [0, 0.05) is 16.7 Å². The molecule has 0 saturated carbocycles. The Morgan fingerprint density at radius 1 is 1.42 bits per heavy atom. The molecular weight excluding hydrogens is 308 g/mol. The average Bonchev–Trinajstić information content (AvgIpc) is 2.29. The van der Waals surface area contributed by atoms with E-state index in [1.165, 1.54) is 0 Å². The lowest BCUT2D eigenvalue weighted by Crippen LogP contribution is -2.33. The van der Waals surface area contributed by atoms with Crippen molar-refractivity contribution in [1.29, 1.82) is 0 Å². The fraction of sp³-hybridized carbons (Fsp3) is 0.500.